The summed E-state index contributed by atoms with van der Waals surface area (Å²) in [6.07, 6.45) is 102. The third kappa shape index (κ3) is 68.1. The van der Waals surface area contributed by atoms with Crippen molar-refractivity contribution in [3.8, 4) is 0 Å². The van der Waals surface area contributed by atoms with Gasteiger partial charge in [-0.25, -0.2) is 4.57 Å². The summed E-state index contributed by atoms with van der Waals surface area (Å²) in [5.74, 6) is -0.856. The molecule has 0 aliphatic heterocycles. The normalized spacial score (nSPS) is 14.2. The maximum atomic E-state index is 12.8. The molecular weight excluding hydrogens is 1070 g/mol. The van der Waals surface area contributed by atoms with Crippen molar-refractivity contribution in [2.45, 2.75) is 251 Å². The predicted octanol–water partition coefficient (Wildman–Crippen LogP) is 22.0. The summed E-state index contributed by atoms with van der Waals surface area (Å²) in [6, 6.07) is 0. The Hall–Kier alpha value is -4.89. The van der Waals surface area contributed by atoms with Gasteiger partial charge in [-0.2, -0.15) is 0 Å². The van der Waals surface area contributed by atoms with E-state index < -0.39 is 32.5 Å². The molecule has 0 spiro atoms. The van der Waals surface area contributed by atoms with Gasteiger partial charge in [0.05, 0.1) is 13.2 Å². The minimum atomic E-state index is -4.41. The maximum absolute atomic E-state index is 12.8. The van der Waals surface area contributed by atoms with Crippen LogP contribution < -0.4 is 5.73 Å². The molecule has 0 aliphatic rings. The average Bonchev–Trinajstić information content (AvgIpc) is 3.53. The molecule has 0 saturated carbocycles. The first-order valence-electron chi connectivity index (χ1n) is 33.3. The van der Waals surface area contributed by atoms with Crippen LogP contribution >= 0.6 is 7.82 Å². The second-order valence-electron chi connectivity index (χ2n) is 21.2. The SMILES string of the molecule is CC/C=C\C/C=C\C/C=C\C/C=C\C/C=C\C/C=C\C/C=C\C/C=C\C/C=C\C/C=C\CCCCCCCCCCC(=O)OC(COC(=O)CCCCCCCCCCC/C=C\C/C=C\C/C=C\C/C=C\C/C=C\CC)COP(=O)(O)OCCN. The van der Waals surface area contributed by atoms with Crippen molar-refractivity contribution < 1.29 is 37.6 Å². The lowest BCUT2D eigenvalue weighted by atomic mass is 10.1. The van der Waals surface area contributed by atoms with E-state index >= 15 is 0 Å². The first-order valence-corrected chi connectivity index (χ1v) is 34.8. The molecule has 0 radical (unpaired) electrons. The first-order chi connectivity index (χ1) is 41.8. The van der Waals surface area contributed by atoms with Crippen LogP contribution in [0.4, 0.5) is 0 Å². The summed E-state index contributed by atoms with van der Waals surface area (Å²) < 4.78 is 33.1. The highest BCUT2D eigenvalue weighted by Crippen LogP contribution is 2.43. The topological polar surface area (TPSA) is 134 Å². The number of phosphoric ester groups is 1. The molecule has 9 nitrogen and oxygen atoms in total. The number of rotatable bonds is 60. The summed E-state index contributed by atoms with van der Waals surface area (Å²) in [5.41, 5.74) is 5.39. The second kappa shape index (κ2) is 68.2. The van der Waals surface area contributed by atoms with Gasteiger partial charge in [0.2, 0.25) is 0 Å². The quantitative estimate of drug-likeness (QED) is 0.0264. The molecule has 0 fully saturated rings. The lowest BCUT2D eigenvalue weighted by Crippen LogP contribution is -2.29. The molecule has 2 unspecified atom stereocenters. The number of phosphoric acid groups is 1. The van der Waals surface area contributed by atoms with Crippen LogP contribution in [0.1, 0.15) is 245 Å². The van der Waals surface area contributed by atoms with Crippen molar-refractivity contribution in [2.75, 3.05) is 26.4 Å². The van der Waals surface area contributed by atoms with Gasteiger partial charge in [-0.3, -0.25) is 18.6 Å². The van der Waals surface area contributed by atoms with E-state index in [-0.39, 0.29) is 32.6 Å². The number of ether oxygens (including phenoxy) is 2. The van der Waals surface area contributed by atoms with E-state index in [1.54, 1.807) is 0 Å². The fourth-order valence-electron chi connectivity index (χ4n) is 8.46. The molecule has 0 saturated heterocycles. The zero-order valence-electron chi connectivity index (χ0n) is 53.5. The van der Waals surface area contributed by atoms with Crippen LogP contribution in [-0.4, -0.2) is 49.3 Å². The van der Waals surface area contributed by atoms with Crippen LogP contribution in [0.2, 0.25) is 0 Å². The molecule has 478 valence electrons. The van der Waals surface area contributed by atoms with Gasteiger partial charge in [0.25, 0.3) is 0 Å². The van der Waals surface area contributed by atoms with Crippen molar-refractivity contribution >= 4 is 19.8 Å². The van der Waals surface area contributed by atoms with Crippen LogP contribution in [0.25, 0.3) is 0 Å². The number of hydrogen-bond donors (Lipinski definition) is 2. The van der Waals surface area contributed by atoms with Crippen molar-refractivity contribution in [1.82, 2.24) is 0 Å². The lowest BCUT2D eigenvalue weighted by Gasteiger charge is -2.19. The van der Waals surface area contributed by atoms with Crippen LogP contribution in [-0.2, 0) is 32.7 Å². The third-order valence-corrected chi connectivity index (χ3v) is 14.3. The predicted molar refractivity (Wildman–Crippen MR) is 366 cm³/mol. The molecule has 0 aromatic carbocycles. The zero-order chi connectivity index (χ0) is 61.6. The number of unbranched alkanes of at least 4 members (excludes halogenated alkanes) is 17. The molecule has 0 aromatic rings. The van der Waals surface area contributed by atoms with Gasteiger partial charge in [-0.1, -0.05) is 280 Å². The number of carbonyl (C=O) groups is 2. The van der Waals surface area contributed by atoms with Gasteiger partial charge in [-0.15, -0.1) is 0 Å². The van der Waals surface area contributed by atoms with Crippen molar-refractivity contribution in [2.24, 2.45) is 5.73 Å². The van der Waals surface area contributed by atoms with E-state index in [0.717, 1.165) is 148 Å². The molecule has 0 rings (SSSR count). The first kappa shape index (κ1) is 80.1. The van der Waals surface area contributed by atoms with E-state index in [1.165, 1.54) is 57.8 Å². The van der Waals surface area contributed by atoms with Gasteiger partial charge >= 0.3 is 19.8 Å². The van der Waals surface area contributed by atoms with Gasteiger partial charge in [-0.05, 0) is 135 Å². The van der Waals surface area contributed by atoms with E-state index in [0.29, 0.717) is 12.8 Å². The minimum absolute atomic E-state index is 0.0416. The van der Waals surface area contributed by atoms with Crippen LogP contribution in [0.5, 0.6) is 0 Å². The Labute approximate surface area is 520 Å². The van der Waals surface area contributed by atoms with Gasteiger partial charge in [0.15, 0.2) is 6.10 Å². The Kier molecular flexibility index (Phi) is 64.3. The van der Waals surface area contributed by atoms with E-state index in [1.807, 2.05) is 0 Å². The van der Waals surface area contributed by atoms with Crippen molar-refractivity contribution in [1.29, 1.82) is 0 Å². The summed E-state index contributed by atoms with van der Waals surface area (Å²) >= 11 is 0. The summed E-state index contributed by atoms with van der Waals surface area (Å²) in [5, 5.41) is 0. The molecule has 2 atom stereocenters. The largest absolute Gasteiger partial charge is 0.472 e. The Morgan fingerprint density at radius 2 is 0.612 bits per heavy atom. The molecular formula is C75H120NO8P. The van der Waals surface area contributed by atoms with Gasteiger partial charge in [0.1, 0.15) is 6.61 Å². The van der Waals surface area contributed by atoms with Crippen molar-refractivity contribution in [3.05, 3.63) is 182 Å². The van der Waals surface area contributed by atoms with Crippen LogP contribution in [0.3, 0.4) is 0 Å². The molecule has 3 N–H and O–H groups in total. The Bertz CT molecular complexity index is 2040. The highest BCUT2D eigenvalue weighted by molar-refractivity contribution is 7.47. The van der Waals surface area contributed by atoms with E-state index in [9.17, 15) is 19.0 Å². The maximum Gasteiger partial charge on any atom is 0.472 e. The van der Waals surface area contributed by atoms with Crippen molar-refractivity contribution in [3.63, 3.8) is 0 Å². The summed E-state index contributed by atoms with van der Waals surface area (Å²) in [6.45, 7) is 3.48. The smallest absolute Gasteiger partial charge is 0.462 e. The molecule has 0 amide bonds. The second-order valence-corrected chi connectivity index (χ2v) is 22.7. The molecule has 85 heavy (non-hydrogen) atoms. The number of hydrogen-bond acceptors (Lipinski definition) is 8. The molecule has 10 heteroatoms. The van der Waals surface area contributed by atoms with Crippen LogP contribution in [0.15, 0.2) is 182 Å². The molecule has 0 aliphatic carbocycles. The van der Waals surface area contributed by atoms with Crippen LogP contribution in [0, 0.1) is 0 Å². The van der Waals surface area contributed by atoms with E-state index in [4.69, 9.17) is 24.3 Å². The highest BCUT2D eigenvalue weighted by atomic mass is 31.2. The monoisotopic (exact) mass is 1190 g/mol. The lowest BCUT2D eigenvalue weighted by molar-refractivity contribution is -0.161. The Balaban J connectivity index is 4.02. The fourth-order valence-corrected chi connectivity index (χ4v) is 9.22. The summed E-state index contributed by atoms with van der Waals surface area (Å²) in [4.78, 5) is 35.3. The van der Waals surface area contributed by atoms with Gasteiger partial charge in [0, 0.05) is 19.4 Å². The summed E-state index contributed by atoms with van der Waals surface area (Å²) in [7, 11) is -4.41. The molecule has 0 aromatic heterocycles. The molecule has 0 heterocycles. The average molecular weight is 1190 g/mol. The fraction of sp³-hybridized carbons (Fsp3) is 0.573. The number of allylic oxidation sites excluding steroid dienone is 30. The zero-order valence-corrected chi connectivity index (χ0v) is 54.4. The standard InChI is InChI=1S/C75H120NO8P/c1-3-5-7-9-11-13-15-17-19-21-23-25-27-29-30-31-32-33-34-35-36-37-38-39-40-41-42-44-46-48-50-52-54-56-58-60-62-64-66-68-75(78)84-73(72-83-85(79,80)82-70-69-76)71-81-74(77)67-65-63-61-59-57-55-53-51-49-47-45-43-28-26-24-22-20-18-16-14-12-10-8-6-4-2/h5-8,11-14,17-20,23-26,29-30,32-33,35-36,38-39,41-43,45-46,48,73H,3-4,9-10,15-16,21-22,27-28,31,34,37,40,44,47,49-72,76H2,1-2H3,(H,79,80)/b7-5-,8-6-,13-11-,14-12-,19-17-,20-18-,25-23-,26-24-,30-29-,33-32-,36-35-,39-38-,42-41-,45-43-,48-46-. The van der Waals surface area contributed by atoms with Gasteiger partial charge < -0.3 is 20.1 Å². The third-order valence-electron chi connectivity index (χ3n) is 13.3. The number of carbonyl (C=O) groups excluding carboxylic acids is 2. The Morgan fingerprint density at radius 3 is 0.906 bits per heavy atom. The highest BCUT2D eigenvalue weighted by Gasteiger charge is 2.26. The molecule has 0 bridgehead atoms. The minimum Gasteiger partial charge on any atom is -0.462 e. The Morgan fingerprint density at radius 1 is 0.353 bits per heavy atom. The number of esters is 2. The number of nitrogens with two attached hydrogens (primary N) is 1. The van der Waals surface area contributed by atoms with E-state index in [2.05, 4.69) is 196 Å².